The van der Waals surface area contributed by atoms with Crippen LogP contribution >= 0.6 is 70.6 Å². The van der Waals surface area contributed by atoms with E-state index in [0.717, 1.165) is 46.5 Å². The first-order valence-electron chi connectivity index (χ1n) is 17.0. The molecule has 12 heteroatoms. The minimum absolute atomic E-state index is 0.144. The molecule has 0 N–H and O–H groups in total. The number of anilines is 2. The second-order valence-electron chi connectivity index (χ2n) is 12.8. The fourth-order valence-corrected chi connectivity index (χ4v) is 10.3. The number of rotatable bonds is 9. The summed E-state index contributed by atoms with van der Waals surface area (Å²) in [6, 6.07) is 33.0. The summed E-state index contributed by atoms with van der Waals surface area (Å²) in [7, 11) is 0. The fraction of sp³-hybridized carbons (Fsp3) is 0.0952. The van der Waals surface area contributed by atoms with Crippen molar-refractivity contribution in [2.24, 2.45) is 0 Å². The summed E-state index contributed by atoms with van der Waals surface area (Å²) in [5.41, 5.74) is 10.3. The summed E-state index contributed by atoms with van der Waals surface area (Å²) < 4.78 is 0.977. The summed E-state index contributed by atoms with van der Waals surface area (Å²) in [4.78, 5) is 40.4. The first kappa shape index (κ1) is 36.4. The topological polar surface area (TPSA) is 66.4 Å². The molecule has 0 radical (unpaired) electrons. The van der Waals surface area contributed by atoms with Crippen LogP contribution in [0, 0.1) is 13.8 Å². The molecule has 0 saturated carbocycles. The summed E-state index contributed by atoms with van der Waals surface area (Å²) >= 11 is 16.6. The van der Waals surface area contributed by atoms with Gasteiger partial charge in [-0.1, -0.05) is 156 Å². The van der Waals surface area contributed by atoms with Crippen molar-refractivity contribution in [3.05, 3.63) is 151 Å². The minimum Gasteiger partial charge on any atom is -0.268 e. The number of aryl methyl sites for hydroxylation is 4. The first-order valence-corrected chi connectivity index (χ1v) is 21.2. The predicted molar refractivity (Wildman–Crippen MR) is 236 cm³/mol. The van der Waals surface area contributed by atoms with Gasteiger partial charge in [-0.15, -0.1) is 22.7 Å². The molecule has 4 aromatic carbocycles. The number of thioether (sulfide) groups is 2. The van der Waals surface area contributed by atoms with Crippen LogP contribution < -0.4 is 9.80 Å². The molecular weight excluding hydrogens is 785 g/mol. The maximum absolute atomic E-state index is 13.3. The monoisotopic (exact) mass is 814 g/mol. The highest BCUT2D eigenvalue weighted by molar-refractivity contribution is 8.27. The van der Waals surface area contributed by atoms with Crippen LogP contribution in [0.5, 0.6) is 0 Å². The highest BCUT2D eigenvalue weighted by atomic mass is 32.2. The minimum atomic E-state index is -0.144. The van der Waals surface area contributed by atoms with Gasteiger partial charge >= 0.3 is 0 Å². The maximum Gasteiger partial charge on any atom is 0.272 e. The van der Waals surface area contributed by atoms with E-state index in [1.807, 2.05) is 85.3 Å². The van der Waals surface area contributed by atoms with Crippen LogP contribution in [0.1, 0.15) is 33.4 Å². The van der Waals surface area contributed by atoms with Gasteiger partial charge in [-0.2, -0.15) is 0 Å². The zero-order valence-electron chi connectivity index (χ0n) is 29.0. The number of carbonyl (C=O) groups is 2. The predicted octanol–water partition coefficient (Wildman–Crippen LogP) is 11.1. The molecule has 2 fully saturated rings. The lowest BCUT2D eigenvalue weighted by molar-refractivity contribution is -0.114. The van der Waals surface area contributed by atoms with E-state index in [4.69, 9.17) is 34.4 Å². The van der Waals surface area contributed by atoms with Gasteiger partial charge in [0.15, 0.2) is 18.9 Å². The van der Waals surface area contributed by atoms with Crippen molar-refractivity contribution in [2.45, 2.75) is 26.7 Å². The van der Waals surface area contributed by atoms with E-state index in [9.17, 15) is 9.59 Å². The zero-order valence-corrected chi connectivity index (χ0v) is 33.9. The molecule has 54 heavy (non-hydrogen) atoms. The van der Waals surface area contributed by atoms with E-state index in [0.29, 0.717) is 28.7 Å². The Morgan fingerprint density at radius 3 is 1.30 bits per heavy atom. The van der Waals surface area contributed by atoms with Gasteiger partial charge in [-0.3, -0.25) is 9.59 Å². The molecule has 6 aromatic rings. The number of thiocarbonyl (C=S) groups is 2. The van der Waals surface area contributed by atoms with Gasteiger partial charge in [0.25, 0.3) is 11.8 Å². The van der Waals surface area contributed by atoms with Crippen molar-refractivity contribution >= 4 is 114 Å². The number of hydrogen-bond donors (Lipinski definition) is 0. The van der Waals surface area contributed by atoms with Gasteiger partial charge < -0.3 is 0 Å². The maximum atomic E-state index is 13.3. The van der Waals surface area contributed by atoms with Crippen molar-refractivity contribution in [2.75, 3.05) is 9.80 Å². The van der Waals surface area contributed by atoms with E-state index in [1.54, 1.807) is 0 Å². The van der Waals surface area contributed by atoms with Crippen molar-refractivity contribution in [1.82, 2.24) is 9.97 Å². The fourth-order valence-electron chi connectivity index (χ4n) is 5.87. The quantitative estimate of drug-likeness (QED) is 0.106. The lowest BCUT2D eigenvalue weighted by Crippen LogP contribution is -2.27. The van der Waals surface area contributed by atoms with Gasteiger partial charge in [-0.25, -0.2) is 19.8 Å². The molecule has 0 unspecified atom stereocenters. The molecule has 4 heterocycles. The summed E-state index contributed by atoms with van der Waals surface area (Å²) in [6.07, 6.45) is 5.54. The van der Waals surface area contributed by atoms with Gasteiger partial charge in [0.05, 0.1) is 21.2 Å². The normalized spacial score (nSPS) is 16.1. The highest BCUT2D eigenvalue weighted by Crippen LogP contribution is 2.40. The lowest BCUT2D eigenvalue weighted by atomic mass is 10.0. The second-order valence-corrected chi connectivity index (χ2v) is 17.8. The molecule has 2 aromatic heterocycles. The Bertz CT molecular complexity index is 2310. The smallest absolute Gasteiger partial charge is 0.268 e. The molecule has 2 aliphatic rings. The van der Waals surface area contributed by atoms with Gasteiger partial charge in [0, 0.05) is 21.9 Å². The van der Waals surface area contributed by atoms with Crippen molar-refractivity contribution in [3.63, 3.8) is 0 Å². The van der Waals surface area contributed by atoms with Crippen LogP contribution in [0.3, 0.4) is 0 Å². The number of nitrogens with zero attached hydrogens (tertiary/aromatic N) is 4. The SMILES string of the molecule is Cc1ccc(/C=C2/SC(=S)N(c3nc(-c4ccc(CCc5ccc(-c6csc(N7C(=O)/C(=C\c8ccc(C)cc8)SC7=S)n6)cc5)cc4)cs3)C2=O)cc1. The van der Waals surface area contributed by atoms with E-state index in [-0.39, 0.29) is 11.8 Å². The van der Waals surface area contributed by atoms with Crippen molar-refractivity contribution < 1.29 is 9.59 Å². The zero-order chi connectivity index (χ0) is 37.3. The third-order valence-electron chi connectivity index (χ3n) is 8.91. The summed E-state index contributed by atoms with van der Waals surface area (Å²) in [6.45, 7) is 4.07. The van der Waals surface area contributed by atoms with Crippen LogP contribution in [0.4, 0.5) is 10.3 Å². The van der Waals surface area contributed by atoms with E-state index in [2.05, 4.69) is 48.5 Å². The number of benzene rings is 4. The number of hydrogen-bond acceptors (Lipinski definition) is 10. The van der Waals surface area contributed by atoms with Crippen LogP contribution in [0.2, 0.25) is 0 Å². The summed E-state index contributed by atoms with van der Waals surface area (Å²) in [5, 5.41) is 5.09. The Kier molecular flexibility index (Phi) is 10.6. The van der Waals surface area contributed by atoms with Crippen LogP contribution in [0.15, 0.2) is 118 Å². The Hall–Kier alpha value is -4.56. The van der Waals surface area contributed by atoms with E-state index in [1.165, 1.54) is 78.3 Å². The van der Waals surface area contributed by atoms with Crippen molar-refractivity contribution in [3.8, 4) is 22.5 Å². The number of aromatic nitrogens is 2. The Morgan fingerprint density at radius 1 is 0.556 bits per heavy atom. The Balaban J connectivity index is 0.872. The molecule has 266 valence electrons. The van der Waals surface area contributed by atoms with Crippen LogP contribution in [-0.4, -0.2) is 30.4 Å². The number of amides is 2. The lowest BCUT2D eigenvalue weighted by Gasteiger charge is -2.09. The molecular formula is C42H30N4O2S6. The average molecular weight is 815 g/mol. The Morgan fingerprint density at radius 2 is 0.926 bits per heavy atom. The standard InChI is InChI=1S/C42H30N4O2S6/c1-25-3-7-29(8-4-25)21-35-37(47)45(41(49)53-35)39-43-33(23-51-39)31-17-13-27(14-18-31)11-12-28-15-19-32(20-16-28)34-24-52-40(44-34)46-38(48)36(54-42(46)50)22-30-9-5-26(2)6-10-30/h3-10,13-24H,11-12H2,1-2H3/b35-21+,36-22+. The van der Waals surface area contributed by atoms with Crippen LogP contribution in [0.25, 0.3) is 34.7 Å². The second kappa shape index (κ2) is 15.7. The first-order chi connectivity index (χ1) is 26.2. The molecule has 0 spiro atoms. The molecule has 2 saturated heterocycles. The van der Waals surface area contributed by atoms with E-state index >= 15 is 0 Å². The van der Waals surface area contributed by atoms with Gasteiger partial charge in [0.1, 0.15) is 0 Å². The molecule has 8 rings (SSSR count). The van der Waals surface area contributed by atoms with E-state index < -0.39 is 0 Å². The summed E-state index contributed by atoms with van der Waals surface area (Å²) in [5.74, 6) is -0.288. The molecule has 2 aliphatic heterocycles. The molecule has 6 nitrogen and oxygen atoms in total. The average Bonchev–Trinajstić information content (AvgIpc) is 3.97. The Labute approximate surface area is 340 Å². The van der Waals surface area contributed by atoms with Crippen LogP contribution in [-0.2, 0) is 22.4 Å². The molecule has 0 bridgehead atoms. The largest absolute Gasteiger partial charge is 0.272 e. The molecule has 0 atom stereocenters. The van der Waals surface area contributed by atoms with Gasteiger partial charge in [-0.05, 0) is 61.1 Å². The third kappa shape index (κ3) is 7.81. The molecule has 0 aliphatic carbocycles. The van der Waals surface area contributed by atoms with Gasteiger partial charge in [0.2, 0.25) is 0 Å². The molecule has 2 amide bonds. The number of thiazole rings is 2. The van der Waals surface area contributed by atoms with Crippen molar-refractivity contribution in [1.29, 1.82) is 0 Å². The highest BCUT2D eigenvalue weighted by Gasteiger charge is 2.36. The number of carbonyl (C=O) groups excluding carboxylic acids is 2. The third-order valence-corrected chi connectivity index (χ3v) is 13.2.